The molecule has 1 saturated heterocycles. The Labute approximate surface area is 118 Å². The van der Waals surface area contributed by atoms with Crippen molar-refractivity contribution in [2.45, 2.75) is 24.6 Å². The molecule has 2 fully saturated rings. The highest BCUT2D eigenvalue weighted by Gasteiger charge is 2.52. The van der Waals surface area contributed by atoms with E-state index >= 15 is 0 Å². The molecule has 7 heteroatoms. The summed E-state index contributed by atoms with van der Waals surface area (Å²) in [5.41, 5.74) is 6.97. The lowest BCUT2D eigenvalue weighted by Crippen LogP contribution is -2.65. The Morgan fingerprint density at radius 1 is 1.47 bits per heavy atom. The van der Waals surface area contributed by atoms with Gasteiger partial charge in [0.25, 0.3) is 0 Å². The van der Waals surface area contributed by atoms with Gasteiger partial charge >= 0.3 is 0 Å². The third kappa shape index (κ3) is 1.76. The molecule has 19 heavy (non-hydrogen) atoms. The van der Waals surface area contributed by atoms with Crippen LogP contribution in [0.2, 0.25) is 0 Å². The number of ether oxygens (including phenoxy) is 1. The Hall–Kier alpha value is -1.18. The van der Waals surface area contributed by atoms with E-state index in [1.807, 2.05) is 18.3 Å². The number of pyridine rings is 1. The van der Waals surface area contributed by atoms with Gasteiger partial charge < -0.3 is 15.8 Å². The Morgan fingerprint density at radius 3 is 3.26 bits per heavy atom. The third-order valence-electron chi connectivity index (χ3n) is 4.04. The van der Waals surface area contributed by atoms with Crippen molar-refractivity contribution in [2.75, 3.05) is 11.9 Å². The summed E-state index contributed by atoms with van der Waals surface area (Å²) in [6.45, 7) is 0.812. The van der Waals surface area contributed by atoms with Crippen LogP contribution >= 0.6 is 15.9 Å². The molecule has 2 aliphatic rings. The molecule has 0 bridgehead atoms. The fraction of sp³-hybridized carbons (Fsp3) is 0.500. The number of aromatic nitrogens is 3. The average molecular weight is 324 g/mol. The summed E-state index contributed by atoms with van der Waals surface area (Å²) in [6.07, 6.45) is 3.16. The van der Waals surface area contributed by atoms with Crippen molar-refractivity contribution >= 4 is 27.5 Å². The van der Waals surface area contributed by atoms with Gasteiger partial charge in [0.05, 0.1) is 12.1 Å². The van der Waals surface area contributed by atoms with Gasteiger partial charge in [-0.15, -0.1) is 5.10 Å². The molecule has 4 atom stereocenters. The number of halogens is 1. The van der Waals surface area contributed by atoms with Gasteiger partial charge in [0.1, 0.15) is 0 Å². The van der Waals surface area contributed by atoms with Crippen LogP contribution in [0, 0.1) is 5.92 Å². The molecule has 2 aromatic rings. The second-order valence-electron chi connectivity index (χ2n) is 5.12. The Balaban J connectivity index is 1.58. The highest BCUT2D eigenvalue weighted by molar-refractivity contribution is 9.10. The van der Waals surface area contributed by atoms with E-state index in [1.165, 1.54) is 0 Å². The van der Waals surface area contributed by atoms with Gasteiger partial charge in [-0.25, -0.2) is 4.52 Å². The monoisotopic (exact) mass is 323 g/mol. The van der Waals surface area contributed by atoms with E-state index in [0.29, 0.717) is 11.9 Å². The molecule has 0 aromatic carbocycles. The summed E-state index contributed by atoms with van der Waals surface area (Å²) in [5.74, 6) is 1.09. The number of rotatable bonds is 2. The van der Waals surface area contributed by atoms with Crippen LogP contribution in [0.4, 0.5) is 5.95 Å². The lowest BCUT2D eigenvalue weighted by molar-refractivity contribution is 0.00510. The molecular weight excluding hydrogens is 310 g/mol. The zero-order valence-electron chi connectivity index (χ0n) is 10.2. The van der Waals surface area contributed by atoms with E-state index in [1.54, 1.807) is 4.52 Å². The van der Waals surface area contributed by atoms with Crippen LogP contribution in [0.15, 0.2) is 22.8 Å². The molecule has 3 heterocycles. The maximum absolute atomic E-state index is 6.16. The van der Waals surface area contributed by atoms with Crippen molar-refractivity contribution in [3.8, 4) is 0 Å². The van der Waals surface area contributed by atoms with Crippen LogP contribution in [0.25, 0.3) is 5.65 Å². The van der Waals surface area contributed by atoms with E-state index in [-0.39, 0.29) is 18.2 Å². The quantitative estimate of drug-likeness (QED) is 0.862. The smallest absolute Gasteiger partial charge is 0.243 e. The molecule has 0 amide bonds. The first-order valence-corrected chi connectivity index (χ1v) is 7.17. The fourth-order valence-electron chi connectivity index (χ4n) is 3.00. The number of nitrogens with one attached hydrogen (secondary N) is 1. The van der Waals surface area contributed by atoms with E-state index in [9.17, 15) is 0 Å². The molecule has 4 rings (SSSR count). The highest BCUT2D eigenvalue weighted by Crippen LogP contribution is 2.38. The van der Waals surface area contributed by atoms with Crippen molar-refractivity contribution in [1.82, 2.24) is 14.6 Å². The number of hydrogen-bond acceptors (Lipinski definition) is 5. The van der Waals surface area contributed by atoms with Crippen LogP contribution in [-0.2, 0) is 4.74 Å². The van der Waals surface area contributed by atoms with Gasteiger partial charge in [-0.1, -0.05) is 0 Å². The van der Waals surface area contributed by atoms with Gasteiger partial charge in [-0.2, -0.15) is 4.98 Å². The number of hydrogen-bond donors (Lipinski definition) is 2. The number of nitrogens with zero attached hydrogens (tertiary/aromatic N) is 3. The van der Waals surface area contributed by atoms with E-state index in [4.69, 9.17) is 10.5 Å². The van der Waals surface area contributed by atoms with Gasteiger partial charge in [0.15, 0.2) is 5.65 Å². The predicted octanol–water partition coefficient (Wildman–Crippen LogP) is 1.02. The zero-order valence-corrected chi connectivity index (χ0v) is 11.7. The van der Waals surface area contributed by atoms with Crippen molar-refractivity contribution < 1.29 is 4.74 Å². The average Bonchev–Trinajstić information content (AvgIpc) is 2.98. The molecule has 1 aliphatic carbocycles. The Kier molecular flexibility index (Phi) is 2.54. The van der Waals surface area contributed by atoms with Crippen LogP contribution < -0.4 is 11.1 Å². The van der Waals surface area contributed by atoms with Gasteiger partial charge in [-0.3, -0.25) is 0 Å². The number of anilines is 1. The fourth-order valence-corrected chi connectivity index (χ4v) is 3.32. The van der Waals surface area contributed by atoms with Gasteiger partial charge in [0.2, 0.25) is 5.95 Å². The Morgan fingerprint density at radius 2 is 2.37 bits per heavy atom. The topological polar surface area (TPSA) is 77.5 Å². The number of fused-ring (bicyclic) bond motifs is 2. The lowest BCUT2D eigenvalue weighted by atomic mass is 9.72. The minimum absolute atomic E-state index is 0.119. The second kappa shape index (κ2) is 4.16. The first kappa shape index (κ1) is 11.6. The van der Waals surface area contributed by atoms with Crippen molar-refractivity contribution in [3.05, 3.63) is 22.8 Å². The van der Waals surface area contributed by atoms with Gasteiger partial charge in [-0.05, 0) is 34.5 Å². The molecule has 1 saturated carbocycles. The van der Waals surface area contributed by atoms with Crippen LogP contribution in [0.1, 0.15) is 6.42 Å². The third-order valence-corrected chi connectivity index (χ3v) is 4.51. The summed E-state index contributed by atoms with van der Waals surface area (Å²) < 4.78 is 8.40. The molecule has 0 spiro atoms. The maximum atomic E-state index is 6.16. The van der Waals surface area contributed by atoms with E-state index < -0.39 is 0 Å². The lowest BCUT2D eigenvalue weighted by Gasteiger charge is -2.45. The van der Waals surface area contributed by atoms with Crippen LogP contribution in [0.3, 0.4) is 0 Å². The van der Waals surface area contributed by atoms with Crippen LogP contribution in [0.5, 0.6) is 0 Å². The standard InChI is InChI=1S/C12H14BrN5O/c13-6-1-2-8-15-12(17-18(8)5-6)16-10-9(14)7-3-4-19-11(7)10/h1-2,5,7,9-11H,3-4,14H2,(H,16,17). The zero-order chi connectivity index (χ0) is 13.0. The molecular formula is C12H14BrN5O. The largest absolute Gasteiger partial charge is 0.376 e. The molecule has 4 unspecified atom stereocenters. The molecule has 2 aromatic heterocycles. The van der Waals surface area contributed by atoms with E-state index in [0.717, 1.165) is 23.1 Å². The maximum Gasteiger partial charge on any atom is 0.243 e. The van der Waals surface area contributed by atoms with E-state index in [2.05, 4.69) is 31.3 Å². The summed E-state index contributed by atoms with van der Waals surface area (Å²) in [4.78, 5) is 4.43. The molecule has 6 nitrogen and oxygen atoms in total. The Bertz CT molecular complexity index is 630. The molecule has 100 valence electrons. The summed E-state index contributed by atoms with van der Waals surface area (Å²) in [5, 5.41) is 7.70. The molecule has 0 radical (unpaired) electrons. The van der Waals surface area contributed by atoms with Crippen LogP contribution in [-0.4, -0.2) is 39.4 Å². The number of nitrogens with two attached hydrogens (primary N) is 1. The first-order chi connectivity index (χ1) is 9.22. The summed E-state index contributed by atoms with van der Waals surface area (Å²) in [7, 11) is 0. The summed E-state index contributed by atoms with van der Waals surface area (Å²) in [6, 6.07) is 4.11. The summed E-state index contributed by atoms with van der Waals surface area (Å²) >= 11 is 3.41. The minimum atomic E-state index is 0.119. The first-order valence-electron chi connectivity index (χ1n) is 6.38. The highest BCUT2D eigenvalue weighted by atomic mass is 79.9. The predicted molar refractivity (Wildman–Crippen MR) is 73.9 cm³/mol. The second-order valence-corrected chi connectivity index (χ2v) is 6.04. The van der Waals surface area contributed by atoms with Crippen molar-refractivity contribution in [3.63, 3.8) is 0 Å². The SMILES string of the molecule is NC1C2CCOC2C1Nc1nc2ccc(Br)cn2n1. The normalized spacial score (nSPS) is 33.2. The van der Waals surface area contributed by atoms with Crippen molar-refractivity contribution in [2.24, 2.45) is 11.7 Å². The minimum Gasteiger partial charge on any atom is -0.376 e. The molecule has 3 N–H and O–H groups in total. The van der Waals surface area contributed by atoms with Crippen molar-refractivity contribution in [1.29, 1.82) is 0 Å². The molecule has 1 aliphatic heterocycles. The van der Waals surface area contributed by atoms with Gasteiger partial charge in [0, 0.05) is 29.2 Å².